The molecule has 0 bridgehead atoms. The molecule has 12 heavy (non-hydrogen) atoms. The molecule has 1 unspecified atom stereocenters. The highest BCUT2D eigenvalue weighted by Crippen LogP contribution is 2.38. The molecule has 0 aromatic rings. The van der Waals surface area contributed by atoms with Crippen molar-refractivity contribution in [2.24, 2.45) is 5.92 Å². The standard InChI is InChI=1S/C8H15BrF2O/c1-6(2)4-5-7(3,12)8(9,10)11/h6,12H,4-5H2,1-3H3. The summed E-state index contributed by atoms with van der Waals surface area (Å²) in [6, 6.07) is 0. The maximum Gasteiger partial charge on any atom is 0.329 e. The molecule has 0 aromatic heterocycles. The highest BCUT2D eigenvalue weighted by Gasteiger charge is 2.46. The summed E-state index contributed by atoms with van der Waals surface area (Å²) >= 11 is 2.17. The van der Waals surface area contributed by atoms with Gasteiger partial charge in [0, 0.05) is 0 Å². The molecule has 1 atom stereocenters. The van der Waals surface area contributed by atoms with Crippen molar-refractivity contribution in [3.05, 3.63) is 0 Å². The number of aliphatic hydroxyl groups is 1. The van der Waals surface area contributed by atoms with Crippen LogP contribution in [0.5, 0.6) is 0 Å². The van der Waals surface area contributed by atoms with Crippen LogP contribution in [-0.4, -0.2) is 15.5 Å². The van der Waals surface area contributed by atoms with E-state index in [1.54, 1.807) is 0 Å². The Labute approximate surface area is 80.3 Å². The first-order chi connectivity index (χ1) is 5.17. The largest absolute Gasteiger partial charge is 0.383 e. The minimum Gasteiger partial charge on any atom is -0.383 e. The monoisotopic (exact) mass is 244 g/mol. The van der Waals surface area contributed by atoms with Crippen LogP contribution in [0.1, 0.15) is 33.6 Å². The molecule has 0 rings (SSSR count). The predicted molar refractivity (Wildman–Crippen MR) is 48.6 cm³/mol. The lowest BCUT2D eigenvalue weighted by molar-refractivity contribution is -0.109. The third-order valence-electron chi connectivity index (χ3n) is 1.82. The molecule has 0 aromatic carbocycles. The normalized spacial score (nSPS) is 18.0. The van der Waals surface area contributed by atoms with Crippen molar-refractivity contribution in [2.45, 2.75) is 44.0 Å². The Morgan fingerprint density at radius 3 is 2.08 bits per heavy atom. The summed E-state index contributed by atoms with van der Waals surface area (Å²) in [7, 11) is 0. The average molecular weight is 245 g/mol. The van der Waals surface area contributed by atoms with Gasteiger partial charge in [-0.05, 0) is 41.6 Å². The fourth-order valence-corrected chi connectivity index (χ4v) is 0.910. The van der Waals surface area contributed by atoms with E-state index in [2.05, 4.69) is 15.9 Å². The summed E-state index contributed by atoms with van der Waals surface area (Å²) in [6.07, 6.45) is 0.692. The molecule has 0 saturated carbocycles. The van der Waals surface area contributed by atoms with E-state index in [1.165, 1.54) is 0 Å². The topological polar surface area (TPSA) is 20.2 Å². The Hall–Kier alpha value is 0.300. The predicted octanol–water partition coefficient (Wildman–Crippen LogP) is 3.16. The van der Waals surface area contributed by atoms with Crippen molar-refractivity contribution in [3.63, 3.8) is 0 Å². The van der Waals surface area contributed by atoms with Crippen molar-refractivity contribution < 1.29 is 13.9 Å². The molecule has 0 saturated heterocycles. The third-order valence-corrected chi connectivity index (χ3v) is 2.67. The fraction of sp³-hybridized carbons (Fsp3) is 1.00. The minimum atomic E-state index is -3.20. The lowest BCUT2D eigenvalue weighted by atomic mass is 9.96. The van der Waals surface area contributed by atoms with Gasteiger partial charge in [0.1, 0.15) is 5.60 Å². The van der Waals surface area contributed by atoms with Crippen LogP contribution in [0, 0.1) is 5.92 Å². The van der Waals surface area contributed by atoms with Gasteiger partial charge in [0.15, 0.2) is 0 Å². The summed E-state index contributed by atoms with van der Waals surface area (Å²) in [6.45, 7) is 5.01. The van der Waals surface area contributed by atoms with Crippen LogP contribution in [0.2, 0.25) is 0 Å². The molecule has 1 N–H and O–H groups in total. The van der Waals surface area contributed by atoms with Crippen LogP contribution < -0.4 is 0 Å². The van der Waals surface area contributed by atoms with Crippen molar-refractivity contribution in [1.29, 1.82) is 0 Å². The summed E-state index contributed by atoms with van der Waals surface area (Å²) in [5, 5.41) is 9.30. The van der Waals surface area contributed by atoms with Gasteiger partial charge in [-0.15, -0.1) is 0 Å². The number of hydrogen-bond donors (Lipinski definition) is 1. The summed E-state index contributed by atoms with van der Waals surface area (Å²) in [5.74, 6) is 0.325. The molecule has 0 aliphatic carbocycles. The van der Waals surface area contributed by atoms with Gasteiger partial charge < -0.3 is 5.11 Å². The molecular weight excluding hydrogens is 230 g/mol. The number of halogens is 3. The Kier molecular flexibility index (Phi) is 4.11. The van der Waals surface area contributed by atoms with E-state index in [9.17, 15) is 13.9 Å². The van der Waals surface area contributed by atoms with Crippen LogP contribution in [0.3, 0.4) is 0 Å². The van der Waals surface area contributed by atoms with E-state index in [4.69, 9.17) is 0 Å². The van der Waals surface area contributed by atoms with Crippen molar-refractivity contribution in [2.75, 3.05) is 0 Å². The molecule has 4 heteroatoms. The number of hydrogen-bond acceptors (Lipinski definition) is 1. The lowest BCUT2D eigenvalue weighted by Gasteiger charge is -2.28. The zero-order chi connectivity index (χ0) is 9.99. The first kappa shape index (κ1) is 12.3. The van der Waals surface area contributed by atoms with Crippen molar-refractivity contribution >= 4 is 15.9 Å². The van der Waals surface area contributed by atoms with Gasteiger partial charge in [-0.3, -0.25) is 0 Å². The SMILES string of the molecule is CC(C)CCC(C)(O)C(F)(F)Br. The molecule has 0 aliphatic heterocycles. The highest BCUT2D eigenvalue weighted by atomic mass is 79.9. The summed E-state index contributed by atoms with van der Waals surface area (Å²) in [4.78, 5) is -3.20. The number of alkyl halides is 3. The van der Waals surface area contributed by atoms with Crippen LogP contribution in [0.25, 0.3) is 0 Å². The minimum absolute atomic E-state index is 0.100. The van der Waals surface area contributed by atoms with Gasteiger partial charge >= 0.3 is 4.83 Å². The molecule has 74 valence electrons. The summed E-state index contributed by atoms with van der Waals surface area (Å²) in [5.41, 5.74) is -1.95. The molecule has 0 fully saturated rings. The molecular formula is C8H15BrF2O. The second kappa shape index (κ2) is 4.01. The first-order valence-corrected chi connectivity index (χ1v) is 4.75. The van der Waals surface area contributed by atoms with E-state index in [0.717, 1.165) is 6.92 Å². The van der Waals surface area contributed by atoms with Crippen LogP contribution in [0.4, 0.5) is 8.78 Å². The second-order valence-electron chi connectivity index (χ2n) is 3.70. The molecule has 1 nitrogen and oxygen atoms in total. The maximum atomic E-state index is 12.6. The van der Waals surface area contributed by atoms with Gasteiger partial charge in [-0.1, -0.05) is 13.8 Å². The van der Waals surface area contributed by atoms with Gasteiger partial charge in [-0.2, -0.15) is 8.78 Å². The highest BCUT2D eigenvalue weighted by molar-refractivity contribution is 9.10. The second-order valence-corrected chi connectivity index (χ2v) is 4.70. The first-order valence-electron chi connectivity index (χ1n) is 3.96. The summed E-state index contributed by atoms with van der Waals surface area (Å²) < 4.78 is 25.2. The van der Waals surface area contributed by atoms with Gasteiger partial charge in [-0.25, -0.2) is 0 Å². The molecule has 0 heterocycles. The van der Waals surface area contributed by atoms with Crippen LogP contribution >= 0.6 is 15.9 Å². The third kappa shape index (κ3) is 3.81. The van der Waals surface area contributed by atoms with E-state index >= 15 is 0 Å². The van der Waals surface area contributed by atoms with E-state index in [0.29, 0.717) is 12.3 Å². The van der Waals surface area contributed by atoms with E-state index < -0.39 is 10.4 Å². The zero-order valence-electron chi connectivity index (χ0n) is 7.57. The van der Waals surface area contributed by atoms with E-state index in [-0.39, 0.29) is 6.42 Å². The lowest BCUT2D eigenvalue weighted by Crippen LogP contribution is -2.40. The quantitative estimate of drug-likeness (QED) is 0.754. The smallest absolute Gasteiger partial charge is 0.329 e. The van der Waals surface area contributed by atoms with E-state index in [1.807, 2.05) is 13.8 Å². The Balaban J connectivity index is 4.05. The average Bonchev–Trinajstić information content (AvgIpc) is 1.81. The van der Waals surface area contributed by atoms with Crippen LogP contribution in [0.15, 0.2) is 0 Å². The fourth-order valence-electron chi connectivity index (χ4n) is 0.711. The Bertz CT molecular complexity index is 140. The van der Waals surface area contributed by atoms with Gasteiger partial charge in [0.2, 0.25) is 0 Å². The molecule has 0 amide bonds. The Morgan fingerprint density at radius 1 is 1.42 bits per heavy atom. The number of rotatable bonds is 4. The van der Waals surface area contributed by atoms with Crippen molar-refractivity contribution in [3.8, 4) is 0 Å². The van der Waals surface area contributed by atoms with Gasteiger partial charge in [0.25, 0.3) is 0 Å². The molecule has 0 spiro atoms. The van der Waals surface area contributed by atoms with Crippen LogP contribution in [-0.2, 0) is 0 Å². The molecule has 0 aliphatic rings. The molecule has 0 radical (unpaired) electrons. The Morgan fingerprint density at radius 2 is 1.83 bits per heavy atom. The zero-order valence-corrected chi connectivity index (χ0v) is 9.16. The van der Waals surface area contributed by atoms with Gasteiger partial charge in [0.05, 0.1) is 0 Å². The maximum absolute atomic E-state index is 12.6. The van der Waals surface area contributed by atoms with Crippen molar-refractivity contribution in [1.82, 2.24) is 0 Å².